The second kappa shape index (κ2) is 5.67. The molecule has 4 rings (SSSR count). The van der Waals surface area contributed by atoms with E-state index in [2.05, 4.69) is 32.0 Å². The molecule has 0 N–H and O–H groups in total. The average molecular weight is 328 g/mol. The van der Waals surface area contributed by atoms with Crippen LogP contribution in [0.1, 0.15) is 11.1 Å². The molecule has 0 spiro atoms. The molecule has 0 saturated heterocycles. The van der Waals surface area contributed by atoms with E-state index in [4.69, 9.17) is 4.98 Å². The summed E-state index contributed by atoms with van der Waals surface area (Å²) < 4.78 is 0. The third kappa shape index (κ3) is 2.52. The highest BCUT2D eigenvalue weighted by molar-refractivity contribution is 6.12. The Kier molecular flexibility index (Phi) is 3.46. The van der Waals surface area contributed by atoms with Crippen LogP contribution < -0.4 is 0 Å². The lowest BCUT2D eigenvalue weighted by Gasteiger charge is -2.13. The van der Waals surface area contributed by atoms with Gasteiger partial charge in [-0.25, -0.2) is 4.98 Å². The maximum absolute atomic E-state index is 10.9. The number of nitro benzene ring substituents is 1. The predicted molar refractivity (Wildman–Crippen MR) is 101 cm³/mol. The quantitative estimate of drug-likeness (QED) is 0.274. The number of fused-ring (bicyclic) bond motifs is 3. The predicted octanol–water partition coefficient (Wildman–Crippen LogP) is 5.58. The molecule has 0 amide bonds. The fourth-order valence-corrected chi connectivity index (χ4v) is 3.42. The number of pyridine rings is 1. The summed E-state index contributed by atoms with van der Waals surface area (Å²) in [4.78, 5) is 15.4. The van der Waals surface area contributed by atoms with Gasteiger partial charge >= 0.3 is 0 Å². The Balaban J connectivity index is 2.09. The first-order valence-electron chi connectivity index (χ1n) is 8.09. The van der Waals surface area contributed by atoms with E-state index in [-0.39, 0.29) is 10.6 Å². The van der Waals surface area contributed by atoms with Crippen LogP contribution in [0.4, 0.5) is 5.69 Å². The topological polar surface area (TPSA) is 56.0 Å². The highest BCUT2D eigenvalue weighted by Crippen LogP contribution is 2.35. The Bertz CT molecular complexity index is 1130. The molecule has 0 saturated carbocycles. The van der Waals surface area contributed by atoms with Gasteiger partial charge in [0.25, 0.3) is 5.69 Å². The molecule has 4 heteroatoms. The molecule has 0 aliphatic heterocycles. The Morgan fingerprint density at radius 1 is 0.920 bits per heavy atom. The van der Waals surface area contributed by atoms with Gasteiger partial charge in [0.05, 0.1) is 16.1 Å². The lowest BCUT2D eigenvalue weighted by atomic mass is 9.95. The van der Waals surface area contributed by atoms with Crippen molar-refractivity contribution in [3.8, 4) is 11.3 Å². The van der Waals surface area contributed by atoms with Crippen LogP contribution in [-0.2, 0) is 0 Å². The molecule has 1 heterocycles. The number of benzene rings is 3. The van der Waals surface area contributed by atoms with Crippen molar-refractivity contribution in [2.24, 2.45) is 0 Å². The summed E-state index contributed by atoms with van der Waals surface area (Å²) in [5.74, 6) is 0. The number of para-hydroxylation sites is 1. The SMILES string of the molecule is Cc1cc(C)c2c(-c3ccc([N+](=O)[O-])cc3)nc3ccccc3c2c1. The fourth-order valence-electron chi connectivity index (χ4n) is 3.42. The number of hydrogen-bond acceptors (Lipinski definition) is 3. The van der Waals surface area contributed by atoms with Crippen LogP contribution in [0, 0.1) is 24.0 Å². The molecule has 122 valence electrons. The van der Waals surface area contributed by atoms with Gasteiger partial charge in [0.1, 0.15) is 0 Å². The smallest absolute Gasteiger partial charge is 0.258 e. The van der Waals surface area contributed by atoms with Crippen LogP contribution >= 0.6 is 0 Å². The number of hydrogen-bond donors (Lipinski definition) is 0. The van der Waals surface area contributed by atoms with Crippen molar-refractivity contribution in [3.63, 3.8) is 0 Å². The van der Waals surface area contributed by atoms with Crippen LogP contribution in [0.5, 0.6) is 0 Å². The summed E-state index contributed by atoms with van der Waals surface area (Å²) in [7, 11) is 0. The van der Waals surface area contributed by atoms with Crippen molar-refractivity contribution in [3.05, 3.63) is 81.9 Å². The first-order chi connectivity index (χ1) is 12.0. The van der Waals surface area contributed by atoms with Gasteiger partial charge in [0.2, 0.25) is 0 Å². The number of nitrogens with zero attached hydrogens (tertiary/aromatic N) is 2. The van der Waals surface area contributed by atoms with Crippen molar-refractivity contribution in [2.75, 3.05) is 0 Å². The Morgan fingerprint density at radius 2 is 1.64 bits per heavy atom. The molecule has 0 atom stereocenters. The number of aryl methyl sites for hydroxylation is 2. The number of nitro groups is 1. The van der Waals surface area contributed by atoms with Crippen molar-refractivity contribution in [1.82, 2.24) is 4.98 Å². The van der Waals surface area contributed by atoms with Crippen LogP contribution in [0.2, 0.25) is 0 Å². The Labute approximate surface area is 144 Å². The maximum atomic E-state index is 10.9. The lowest BCUT2D eigenvalue weighted by Crippen LogP contribution is -1.93. The Morgan fingerprint density at radius 3 is 2.36 bits per heavy atom. The van der Waals surface area contributed by atoms with E-state index < -0.39 is 0 Å². The van der Waals surface area contributed by atoms with Crippen LogP contribution in [0.3, 0.4) is 0 Å². The molecule has 0 radical (unpaired) electrons. The molecule has 25 heavy (non-hydrogen) atoms. The molecule has 4 nitrogen and oxygen atoms in total. The van der Waals surface area contributed by atoms with Gasteiger partial charge in [-0.3, -0.25) is 10.1 Å². The van der Waals surface area contributed by atoms with Gasteiger partial charge in [0, 0.05) is 28.5 Å². The normalized spacial score (nSPS) is 11.1. The van der Waals surface area contributed by atoms with E-state index in [9.17, 15) is 10.1 Å². The van der Waals surface area contributed by atoms with Crippen molar-refractivity contribution in [2.45, 2.75) is 13.8 Å². The molecule has 0 bridgehead atoms. The molecule has 0 unspecified atom stereocenters. The molecule has 0 aliphatic carbocycles. The van der Waals surface area contributed by atoms with Gasteiger partial charge in [-0.2, -0.15) is 0 Å². The highest BCUT2D eigenvalue weighted by Gasteiger charge is 2.14. The summed E-state index contributed by atoms with van der Waals surface area (Å²) in [6.07, 6.45) is 0. The second-order valence-electron chi connectivity index (χ2n) is 6.29. The summed E-state index contributed by atoms with van der Waals surface area (Å²) in [6, 6.07) is 19.0. The summed E-state index contributed by atoms with van der Waals surface area (Å²) >= 11 is 0. The third-order valence-electron chi connectivity index (χ3n) is 4.49. The van der Waals surface area contributed by atoms with Gasteiger partial charge in [-0.05, 0) is 43.0 Å². The van der Waals surface area contributed by atoms with Gasteiger partial charge in [0.15, 0.2) is 0 Å². The minimum Gasteiger partial charge on any atom is -0.258 e. The third-order valence-corrected chi connectivity index (χ3v) is 4.49. The van der Waals surface area contributed by atoms with E-state index in [0.717, 1.165) is 38.5 Å². The number of non-ortho nitro benzene ring substituents is 1. The van der Waals surface area contributed by atoms with Crippen molar-refractivity contribution in [1.29, 1.82) is 0 Å². The summed E-state index contributed by atoms with van der Waals surface area (Å²) in [5, 5.41) is 14.3. The Hall–Kier alpha value is -3.27. The standard InChI is InChI=1S/C21H16N2O2/c1-13-11-14(2)20-18(12-13)17-5-3-4-6-19(17)22-21(20)15-7-9-16(10-8-15)23(24)25/h3-12H,1-2H3. The average Bonchev–Trinajstić information content (AvgIpc) is 2.61. The van der Waals surface area contributed by atoms with Crippen molar-refractivity contribution >= 4 is 27.4 Å². The van der Waals surface area contributed by atoms with E-state index >= 15 is 0 Å². The highest BCUT2D eigenvalue weighted by atomic mass is 16.6. The largest absolute Gasteiger partial charge is 0.269 e. The molecular formula is C21H16N2O2. The van der Waals surface area contributed by atoms with E-state index in [1.807, 2.05) is 18.2 Å². The lowest BCUT2D eigenvalue weighted by molar-refractivity contribution is -0.384. The van der Waals surface area contributed by atoms with Crippen molar-refractivity contribution < 1.29 is 4.92 Å². The number of aromatic nitrogens is 1. The van der Waals surface area contributed by atoms with E-state index in [1.165, 1.54) is 17.7 Å². The minimum absolute atomic E-state index is 0.0846. The van der Waals surface area contributed by atoms with Gasteiger partial charge in [-0.15, -0.1) is 0 Å². The number of rotatable bonds is 2. The van der Waals surface area contributed by atoms with Crippen LogP contribution in [-0.4, -0.2) is 9.91 Å². The van der Waals surface area contributed by atoms with Gasteiger partial charge < -0.3 is 0 Å². The molecule has 4 aromatic rings. The maximum Gasteiger partial charge on any atom is 0.269 e. The van der Waals surface area contributed by atoms with Crippen LogP contribution in [0.15, 0.2) is 60.7 Å². The first-order valence-corrected chi connectivity index (χ1v) is 8.09. The molecule has 1 aromatic heterocycles. The summed E-state index contributed by atoms with van der Waals surface area (Å²) in [5.41, 5.74) is 5.11. The summed E-state index contributed by atoms with van der Waals surface area (Å²) in [6.45, 7) is 4.17. The monoisotopic (exact) mass is 328 g/mol. The minimum atomic E-state index is -0.385. The second-order valence-corrected chi connectivity index (χ2v) is 6.29. The zero-order valence-corrected chi connectivity index (χ0v) is 14.0. The molecular weight excluding hydrogens is 312 g/mol. The van der Waals surface area contributed by atoms with Crippen LogP contribution in [0.25, 0.3) is 32.9 Å². The zero-order valence-electron chi connectivity index (χ0n) is 14.0. The first kappa shape index (κ1) is 15.3. The molecule has 0 aliphatic rings. The van der Waals surface area contributed by atoms with E-state index in [0.29, 0.717) is 0 Å². The van der Waals surface area contributed by atoms with E-state index in [1.54, 1.807) is 12.1 Å². The zero-order chi connectivity index (χ0) is 17.6. The van der Waals surface area contributed by atoms with Gasteiger partial charge in [-0.1, -0.05) is 35.9 Å². The molecule has 0 fully saturated rings. The fraction of sp³-hybridized carbons (Fsp3) is 0.0952. The molecule has 3 aromatic carbocycles.